The number of likely N-dealkylation sites (tertiary alicyclic amines) is 1. The Kier molecular flexibility index (Phi) is 7.37. The van der Waals surface area contributed by atoms with Crippen molar-refractivity contribution in [2.45, 2.75) is 31.1 Å². The van der Waals surface area contributed by atoms with Gasteiger partial charge in [-0.2, -0.15) is 0 Å². The third-order valence-corrected chi connectivity index (χ3v) is 5.60. The minimum absolute atomic E-state index is 0.135. The van der Waals surface area contributed by atoms with E-state index in [9.17, 15) is 9.59 Å². The molecule has 1 aliphatic rings. The lowest BCUT2D eigenvalue weighted by atomic mass is 10.2. The summed E-state index contributed by atoms with van der Waals surface area (Å²) in [6.07, 6.45) is 3.05. The van der Waals surface area contributed by atoms with E-state index in [1.165, 1.54) is 11.8 Å². The van der Waals surface area contributed by atoms with Gasteiger partial charge >= 0.3 is 0 Å². The Labute approximate surface area is 170 Å². The SMILES string of the molecule is CCCOc1ccccc1NC(=O)c1ccccc1SCC(=O)N1CCCC1. The number of carbonyl (C=O) groups is 2. The molecule has 0 bridgehead atoms. The molecule has 6 heteroatoms. The number of rotatable bonds is 8. The number of carbonyl (C=O) groups excluding carboxylic acids is 2. The minimum atomic E-state index is -0.204. The zero-order valence-corrected chi connectivity index (χ0v) is 17.0. The van der Waals surface area contributed by atoms with Gasteiger partial charge in [0.1, 0.15) is 5.75 Å². The summed E-state index contributed by atoms with van der Waals surface area (Å²) in [5, 5.41) is 2.95. The Morgan fingerprint density at radius 2 is 1.79 bits per heavy atom. The summed E-state index contributed by atoms with van der Waals surface area (Å²) < 4.78 is 5.72. The van der Waals surface area contributed by atoms with Crippen molar-refractivity contribution in [3.8, 4) is 5.75 Å². The van der Waals surface area contributed by atoms with Crippen LogP contribution in [0, 0.1) is 0 Å². The molecule has 0 saturated carbocycles. The summed E-state index contributed by atoms with van der Waals surface area (Å²) in [4.78, 5) is 27.9. The van der Waals surface area contributed by atoms with Crippen molar-refractivity contribution in [2.24, 2.45) is 0 Å². The second-order valence-corrected chi connectivity index (χ2v) is 7.69. The van der Waals surface area contributed by atoms with E-state index in [2.05, 4.69) is 5.32 Å². The monoisotopic (exact) mass is 398 g/mol. The first kappa shape index (κ1) is 20.3. The molecule has 0 radical (unpaired) electrons. The fourth-order valence-electron chi connectivity index (χ4n) is 3.07. The van der Waals surface area contributed by atoms with Crippen LogP contribution in [0.1, 0.15) is 36.5 Å². The van der Waals surface area contributed by atoms with Crippen molar-refractivity contribution in [3.05, 3.63) is 54.1 Å². The van der Waals surface area contributed by atoms with Crippen LogP contribution in [-0.4, -0.2) is 42.2 Å². The number of benzene rings is 2. The number of thioether (sulfide) groups is 1. The predicted molar refractivity (Wildman–Crippen MR) is 113 cm³/mol. The number of nitrogens with one attached hydrogen (secondary N) is 1. The summed E-state index contributed by atoms with van der Waals surface area (Å²) in [6.45, 7) is 4.32. The van der Waals surface area contributed by atoms with Gasteiger partial charge in [0.2, 0.25) is 5.91 Å². The van der Waals surface area contributed by atoms with Crippen molar-refractivity contribution >= 4 is 29.3 Å². The van der Waals surface area contributed by atoms with Gasteiger partial charge in [0.15, 0.2) is 0 Å². The quantitative estimate of drug-likeness (QED) is 0.668. The van der Waals surface area contributed by atoms with Crippen LogP contribution >= 0.6 is 11.8 Å². The Morgan fingerprint density at radius 1 is 1.07 bits per heavy atom. The van der Waals surface area contributed by atoms with E-state index in [-0.39, 0.29) is 11.8 Å². The maximum absolute atomic E-state index is 12.9. The summed E-state index contributed by atoms with van der Waals surface area (Å²) >= 11 is 1.42. The van der Waals surface area contributed by atoms with E-state index < -0.39 is 0 Å². The Morgan fingerprint density at radius 3 is 2.57 bits per heavy atom. The van der Waals surface area contributed by atoms with Crippen molar-refractivity contribution in [3.63, 3.8) is 0 Å². The molecule has 1 aliphatic heterocycles. The highest BCUT2D eigenvalue weighted by Crippen LogP contribution is 2.28. The Bertz CT molecular complexity index is 819. The number of para-hydroxylation sites is 2. The molecule has 2 aromatic carbocycles. The first-order valence-corrected chi connectivity index (χ1v) is 10.7. The summed E-state index contributed by atoms with van der Waals surface area (Å²) in [7, 11) is 0. The van der Waals surface area contributed by atoms with Gasteiger partial charge in [-0.3, -0.25) is 9.59 Å². The molecule has 148 valence electrons. The van der Waals surface area contributed by atoms with Crippen LogP contribution in [0.15, 0.2) is 53.4 Å². The highest BCUT2D eigenvalue weighted by atomic mass is 32.2. The Hall–Kier alpha value is -2.47. The molecule has 5 nitrogen and oxygen atoms in total. The molecule has 1 fully saturated rings. The molecule has 0 atom stereocenters. The van der Waals surface area contributed by atoms with Gasteiger partial charge < -0.3 is 15.0 Å². The summed E-state index contributed by atoms with van der Waals surface area (Å²) in [5.74, 6) is 0.938. The lowest BCUT2D eigenvalue weighted by Crippen LogP contribution is -2.29. The first-order chi connectivity index (χ1) is 13.7. The van der Waals surface area contributed by atoms with Crippen molar-refractivity contribution in [2.75, 3.05) is 30.8 Å². The third kappa shape index (κ3) is 5.29. The van der Waals surface area contributed by atoms with Gasteiger partial charge in [0, 0.05) is 18.0 Å². The average Bonchev–Trinajstić information content (AvgIpc) is 3.26. The fraction of sp³-hybridized carbons (Fsp3) is 0.364. The number of hydrogen-bond acceptors (Lipinski definition) is 4. The van der Waals surface area contributed by atoms with Gasteiger partial charge in [-0.1, -0.05) is 31.2 Å². The van der Waals surface area contributed by atoms with Crippen LogP contribution in [0.25, 0.3) is 0 Å². The molecular weight excluding hydrogens is 372 g/mol. The molecule has 0 aromatic heterocycles. The molecule has 28 heavy (non-hydrogen) atoms. The summed E-state index contributed by atoms with van der Waals surface area (Å²) in [5.41, 5.74) is 1.21. The maximum Gasteiger partial charge on any atom is 0.256 e. The Balaban J connectivity index is 1.68. The molecule has 3 rings (SSSR count). The number of anilines is 1. The average molecular weight is 399 g/mol. The largest absolute Gasteiger partial charge is 0.491 e. The minimum Gasteiger partial charge on any atom is -0.491 e. The van der Waals surface area contributed by atoms with E-state index in [4.69, 9.17) is 4.74 Å². The van der Waals surface area contributed by atoms with E-state index in [0.717, 1.165) is 37.2 Å². The van der Waals surface area contributed by atoms with Gasteiger partial charge in [0.25, 0.3) is 5.91 Å². The van der Waals surface area contributed by atoms with Crippen LogP contribution in [0.3, 0.4) is 0 Å². The number of ether oxygens (including phenoxy) is 1. The third-order valence-electron chi connectivity index (χ3n) is 4.54. The zero-order valence-electron chi connectivity index (χ0n) is 16.1. The van der Waals surface area contributed by atoms with Crippen molar-refractivity contribution in [1.82, 2.24) is 4.90 Å². The summed E-state index contributed by atoms with van der Waals surface area (Å²) in [6, 6.07) is 14.8. The molecule has 0 spiro atoms. The lowest BCUT2D eigenvalue weighted by molar-refractivity contribution is -0.127. The van der Waals surface area contributed by atoms with Gasteiger partial charge in [-0.05, 0) is 43.5 Å². The molecule has 1 N–H and O–H groups in total. The number of nitrogens with zero attached hydrogens (tertiary/aromatic N) is 1. The van der Waals surface area contributed by atoms with Crippen LogP contribution in [0.4, 0.5) is 5.69 Å². The zero-order chi connectivity index (χ0) is 19.8. The van der Waals surface area contributed by atoms with Gasteiger partial charge in [-0.25, -0.2) is 0 Å². The van der Waals surface area contributed by atoms with E-state index in [0.29, 0.717) is 29.4 Å². The van der Waals surface area contributed by atoms with Gasteiger partial charge in [0.05, 0.1) is 23.6 Å². The molecule has 2 aromatic rings. The topological polar surface area (TPSA) is 58.6 Å². The van der Waals surface area contributed by atoms with Crippen LogP contribution in [0.5, 0.6) is 5.75 Å². The normalized spacial score (nSPS) is 13.4. The van der Waals surface area contributed by atoms with Crippen molar-refractivity contribution in [1.29, 1.82) is 0 Å². The molecule has 0 aliphatic carbocycles. The van der Waals surface area contributed by atoms with E-state index >= 15 is 0 Å². The predicted octanol–water partition coefficient (Wildman–Crippen LogP) is 4.44. The number of hydrogen-bond donors (Lipinski definition) is 1. The molecule has 1 saturated heterocycles. The van der Waals surface area contributed by atoms with Crippen LogP contribution < -0.4 is 10.1 Å². The second-order valence-electron chi connectivity index (χ2n) is 6.67. The number of amides is 2. The van der Waals surface area contributed by atoms with Crippen molar-refractivity contribution < 1.29 is 14.3 Å². The van der Waals surface area contributed by atoms with Gasteiger partial charge in [-0.15, -0.1) is 11.8 Å². The molecular formula is C22H26N2O3S. The second kappa shape index (κ2) is 10.2. The first-order valence-electron chi connectivity index (χ1n) is 9.72. The maximum atomic E-state index is 12.9. The highest BCUT2D eigenvalue weighted by Gasteiger charge is 2.19. The lowest BCUT2D eigenvalue weighted by Gasteiger charge is -2.16. The standard InChI is InChI=1S/C22H26N2O3S/c1-2-15-27-19-11-5-4-10-18(19)23-22(26)17-9-3-6-12-20(17)28-16-21(25)24-13-7-8-14-24/h3-6,9-12H,2,7-8,13-16H2,1H3,(H,23,26). The van der Waals surface area contributed by atoms with E-state index in [1.807, 2.05) is 54.3 Å². The molecule has 0 unspecified atom stereocenters. The molecule has 1 heterocycles. The fourth-order valence-corrected chi connectivity index (χ4v) is 4.03. The van der Waals surface area contributed by atoms with Crippen LogP contribution in [0.2, 0.25) is 0 Å². The van der Waals surface area contributed by atoms with E-state index in [1.54, 1.807) is 6.07 Å². The van der Waals surface area contributed by atoms with Crippen LogP contribution in [-0.2, 0) is 4.79 Å². The highest BCUT2D eigenvalue weighted by molar-refractivity contribution is 8.00. The smallest absolute Gasteiger partial charge is 0.256 e. The molecule has 2 amide bonds.